The van der Waals surface area contributed by atoms with E-state index in [0.717, 1.165) is 26.5 Å². The van der Waals surface area contributed by atoms with Gasteiger partial charge in [0.25, 0.3) is 10.0 Å². The lowest BCUT2D eigenvalue weighted by molar-refractivity contribution is 0.601. The fourth-order valence-electron chi connectivity index (χ4n) is 2.61. The van der Waals surface area contributed by atoms with Crippen molar-refractivity contribution < 1.29 is 8.42 Å². The number of aromatic nitrogens is 2. The fourth-order valence-corrected chi connectivity index (χ4v) is 4.66. The van der Waals surface area contributed by atoms with E-state index in [9.17, 15) is 8.42 Å². The number of benzene rings is 2. The summed E-state index contributed by atoms with van der Waals surface area (Å²) in [5, 5.41) is 0.860. The summed E-state index contributed by atoms with van der Waals surface area (Å²) in [6.07, 6.45) is 1.75. The Morgan fingerprint density at radius 1 is 1.00 bits per heavy atom. The summed E-state index contributed by atoms with van der Waals surface area (Å²) in [5.74, 6) is 0. The Hall–Kier alpha value is -2.77. The van der Waals surface area contributed by atoms with E-state index < -0.39 is 10.0 Å². The molecule has 1 N–H and O–H groups in total. The second kappa shape index (κ2) is 6.51. The zero-order valence-corrected chi connectivity index (χ0v) is 15.5. The standard InChI is InChI=1S/C19H15N3O2S2/c1-13-12-14(18-21-17-8-5-11-20-19(17)25-18)9-10-16(13)22-26(23,24)15-6-3-2-4-7-15/h2-12,22H,1H3. The molecular weight excluding hydrogens is 366 g/mol. The minimum Gasteiger partial charge on any atom is -0.279 e. The predicted octanol–water partition coefficient (Wildman–Crippen LogP) is 4.47. The molecule has 2 heterocycles. The van der Waals surface area contributed by atoms with Crippen LogP contribution in [0.5, 0.6) is 0 Å². The lowest BCUT2D eigenvalue weighted by Gasteiger charge is -2.11. The SMILES string of the molecule is Cc1cc(-c2nc3cccnc3s2)ccc1NS(=O)(=O)c1ccccc1. The third-order valence-corrected chi connectivity index (χ3v) is 6.35. The molecule has 0 fully saturated rings. The third kappa shape index (κ3) is 3.18. The number of nitrogens with one attached hydrogen (secondary N) is 1. The van der Waals surface area contributed by atoms with Gasteiger partial charge in [-0.25, -0.2) is 18.4 Å². The molecule has 2 aromatic carbocycles. The molecule has 0 aliphatic rings. The molecule has 0 saturated heterocycles. The van der Waals surface area contributed by atoms with Gasteiger partial charge in [0.1, 0.15) is 15.4 Å². The van der Waals surface area contributed by atoms with Gasteiger partial charge in [-0.1, -0.05) is 29.5 Å². The highest BCUT2D eigenvalue weighted by Gasteiger charge is 2.15. The van der Waals surface area contributed by atoms with Gasteiger partial charge in [-0.05, 0) is 55.0 Å². The summed E-state index contributed by atoms with van der Waals surface area (Å²) >= 11 is 1.51. The van der Waals surface area contributed by atoms with E-state index in [-0.39, 0.29) is 4.90 Å². The summed E-state index contributed by atoms with van der Waals surface area (Å²) in [4.78, 5) is 10.0. The summed E-state index contributed by atoms with van der Waals surface area (Å²) in [7, 11) is -3.61. The van der Waals surface area contributed by atoms with Crippen LogP contribution in [0.25, 0.3) is 20.9 Å². The summed E-state index contributed by atoms with van der Waals surface area (Å²) in [6.45, 7) is 1.87. The number of anilines is 1. The zero-order chi connectivity index (χ0) is 18.1. The molecule has 5 nitrogen and oxygen atoms in total. The Labute approximate surface area is 155 Å². The van der Waals surface area contributed by atoms with Crippen molar-refractivity contribution in [3.8, 4) is 10.6 Å². The predicted molar refractivity (Wildman–Crippen MR) is 105 cm³/mol. The molecule has 0 amide bonds. The molecule has 4 aromatic rings. The zero-order valence-electron chi connectivity index (χ0n) is 13.9. The van der Waals surface area contributed by atoms with Crippen LogP contribution in [-0.4, -0.2) is 18.4 Å². The molecule has 2 aromatic heterocycles. The first-order chi connectivity index (χ1) is 12.5. The first kappa shape index (κ1) is 16.7. The van der Waals surface area contributed by atoms with Gasteiger partial charge in [-0.15, -0.1) is 0 Å². The average Bonchev–Trinajstić information content (AvgIpc) is 3.08. The van der Waals surface area contributed by atoms with E-state index in [4.69, 9.17) is 0 Å². The largest absolute Gasteiger partial charge is 0.279 e. The van der Waals surface area contributed by atoms with Crippen molar-refractivity contribution in [1.82, 2.24) is 9.97 Å². The van der Waals surface area contributed by atoms with Crippen LogP contribution in [0.4, 0.5) is 5.69 Å². The summed E-state index contributed by atoms with van der Waals surface area (Å²) < 4.78 is 27.6. The van der Waals surface area contributed by atoms with Crippen LogP contribution in [0.2, 0.25) is 0 Å². The lowest BCUT2D eigenvalue weighted by atomic mass is 10.1. The van der Waals surface area contributed by atoms with Crippen molar-refractivity contribution in [2.75, 3.05) is 4.72 Å². The van der Waals surface area contributed by atoms with Gasteiger partial charge >= 0.3 is 0 Å². The number of pyridine rings is 1. The highest BCUT2D eigenvalue weighted by Crippen LogP contribution is 2.31. The van der Waals surface area contributed by atoms with Crippen molar-refractivity contribution >= 4 is 37.4 Å². The van der Waals surface area contributed by atoms with Gasteiger partial charge in [0, 0.05) is 11.8 Å². The van der Waals surface area contributed by atoms with Crippen molar-refractivity contribution in [1.29, 1.82) is 0 Å². The lowest BCUT2D eigenvalue weighted by Crippen LogP contribution is -2.13. The van der Waals surface area contributed by atoms with Crippen molar-refractivity contribution in [3.63, 3.8) is 0 Å². The highest BCUT2D eigenvalue weighted by atomic mass is 32.2. The van der Waals surface area contributed by atoms with Gasteiger partial charge in [-0.2, -0.15) is 0 Å². The molecular formula is C19H15N3O2S2. The van der Waals surface area contributed by atoms with Crippen LogP contribution in [-0.2, 0) is 10.0 Å². The number of hydrogen-bond acceptors (Lipinski definition) is 5. The van der Waals surface area contributed by atoms with E-state index >= 15 is 0 Å². The minimum absolute atomic E-state index is 0.237. The molecule has 0 aliphatic carbocycles. The van der Waals surface area contributed by atoms with E-state index in [0.29, 0.717) is 5.69 Å². The molecule has 0 atom stereocenters. The molecule has 0 spiro atoms. The smallest absolute Gasteiger partial charge is 0.261 e. The second-order valence-electron chi connectivity index (χ2n) is 5.79. The number of nitrogens with zero attached hydrogens (tertiary/aromatic N) is 2. The van der Waals surface area contributed by atoms with Crippen molar-refractivity contribution in [2.45, 2.75) is 11.8 Å². The molecule has 130 valence electrons. The van der Waals surface area contributed by atoms with Crippen LogP contribution >= 0.6 is 11.3 Å². The number of fused-ring (bicyclic) bond motifs is 1. The fraction of sp³-hybridized carbons (Fsp3) is 0.0526. The molecule has 4 rings (SSSR count). The van der Waals surface area contributed by atoms with E-state index in [1.807, 2.05) is 31.2 Å². The van der Waals surface area contributed by atoms with Gasteiger partial charge in [0.05, 0.1) is 10.6 Å². The summed E-state index contributed by atoms with van der Waals surface area (Å²) in [5.41, 5.74) is 3.18. The molecule has 0 radical (unpaired) electrons. The van der Waals surface area contributed by atoms with Gasteiger partial charge < -0.3 is 0 Å². The Bertz CT molecular complexity index is 1150. The van der Waals surface area contributed by atoms with Gasteiger partial charge in [0.15, 0.2) is 0 Å². The minimum atomic E-state index is -3.61. The average molecular weight is 381 g/mol. The number of thiazole rings is 1. The number of aryl methyl sites for hydroxylation is 1. The van der Waals surface area contributed by atoms with Crippen molar-refractivity contribution in [2.24, 2.45) is 0 Å². The molecule has 0 saturated carbocycles. The quantitative estimate of drug-likeness (QED) is 0.566. The van der Waals surface area contributed by atoms with Crippen molar-refractivity contribution in [3.05, 3.63) is 72.4 Å². The monoisotopic (exact) mass is 381 g/mol. The highest BCUT2D eigenvalue weighted by molar-refractivity contribution is 7.92. The Balaban J connectivity index is 1.66. The number of rotatable bonds is 4. The Morgan fingerprint density at radius 3 is 2.54 bits per heavy atom. The molecule has 7 heteroatoms. The van der Waals surface area contributed by atoms with Gasteiger partial charge in [0.2, 0.25) is 0 Å². The van der Waals surface area contributed by atoms with Crippen LogP contribution in [0, 0.1) is 6.92 Å². The Morgan fingerprint density at radius 2 is 1.81 bits per heavy atom. The number of sulfonamides is 1. The van der Waals surface area contributed by atoms with Crippen LogP contribution < -0.4 is 4.72 Å². The van der Waals surface area contributed by atoms with E-state index in [2.05, 4.69) is 14.7 Å². The first-order valence-corrected chi connectivity index (χ1v) is 10.2. The van der Waals surface area contributed by atoms with E-state index in [1.165, 1.54) is 11.3 Å². The maximum atomic E-state index is 12.5. The van der Waals surface area contributed by atoms with Gasteiger partial charge in [-0.3, -0.25) is 4.72 Å². The number of hydrogen-bond donors (Lipinski definition) is 1. The maximum absolute atomic E-state index is 12.5. The summed E-state index contributed by atoms with van der Waals surface area (Å²) in [6, 6.07) is 17.7. The topological polar surface area (TPSA) is 72.0 Å². The molecule has 0 bridgehead atoms. The molecule has 0 unspecified atom stereocenters. The first-order valence-electron chi connectivity index (χ1n) is 7.93. The maximum Gasteiger partial charge on any atom is 0.261 e. The third-order valence-electron chi connectivity index (χ3n) is 3.94. The van der Waals surface area contributed by atoms with E-state index in [1.54, 1.807) is 42.6 Å². The Kier molecular flexibility index (Phi) is 4.18. The second-order valence-corrected chi connectivity index (χ2v) is 8.45. The molecule has 26 heavy (non-hydrogen) atoms. The molecule has 0 aliphatic heterocycles. The van der Waals surface area contributed by atoms with Crippen LogP contribution in [0.15, 0.2) is 71.8 Å². The normalized spacial score (nSPS) is 11.6. The van der Waals surface area contributed by atoms with Crippen LogP contribution in [0.3, 0.4) is 0 Å². The van der Waals surface area contributed by atoms with Crippen LogP contribution in [0.1, 0.15) is 5.56 Å².